The molecular formula is C23H28N4O4. The van der Waals surface area contributed by atoms with E-state index < -0.39 is 0 Å². The molecule has 2 aromatic rings. The summed E-state index contributed by atoms with van der Waals surface area (Å²) in [6.45, 7) is 2.28. The van der Waals surface area contributed by atoms with Crippen LogP contribution >= 0.6 is 0 Å². The van der Waals surface area contributed by atoms with Crippen molar-refractivity contribution in [1.29, 1.82) is 0 Å². The molecule has 1 heterocycles. The molecule has 31 heavy (non-hydrogen) atoms. The second-order valence-corrected chi connectivity index (χ2v) is 7.29. The Balaban J connectivity index is 1.36. The van der Waals surface area contributed by atoms with Crippen LogP contribution in [0.2, 0.25) is 0 Å². The maximum Gasteiger partial charge on any atom is 0.319 e. The predicted molar refractivity (Wildman–Crippen MR) is 118 cm³/mol. The molecule has 1 aliphatic rings. The summed E-state index contributed by atoms with van der Waals surface area (Å²) in [7, 11) is 1.60. The van der Waals surface area contributed by atoms with Crippen LogP contribution in [0.25, 0.3) is 0 Å². The standard InChI is InChI=1S/C23H28N4O4/c1-31-20-9-5-6-18(16-20)17-22(29)27-14-12-26(13-15-27)21(28)10-11-24-23(30)25-19-7-3-2-4-8-19/h2-9,16H,10-15,17H2,1H3,(H2,24,25,30). The number of benzene rings is 2. The van der Waals surface area contributed by atoms with Crippen molar-refractivity contribution in [2.45, 2.75) is 12.8 Å². The van der Waals surface area contributed by atoms with Crippen LogP contribution in [0.5, 0.6) is 5.75 Å². The zero-order valence-corrected chi connectivity index (χ0v) is 17.7. The molecule has 0 radical (unpaired) electrons. The maximum absolute atomic E-state index is 12.6. The van der Waals surface area contributed by atoms with Crippen molar-refractivity contribution < 1.29 is 19.1 Å². The number of urea groups is 1. The minimum Gasteiger partial charge on any atom is -0.497 e. The number of hydrogen-bond donors (Lipinski definition) is 2. The third-order valence-electron chi connectivity index (χ3n) is 5.13. The van der Waals surface area contributed by atoms with Crippen LogP contribution in [-0.2, 0) is 16.0 Å². The van der Waals surface area contributed by atoms with E-state index in [0.29, 0.717) is 38.3 Å². The molecule has 0 spiro atoms. The van der Waals surface area contributed by atoms with Crippen molar-refractivity contribution >= 4 is 23.5 Å². The highest BCUT2D eigenvalue weighted by molar-refractivity contribution is 5.89. The van der Waals surface area contributed by atoms with Gasteiger partial charge in [0, 0.05) is 44.8 Å². The zero-order chi connectivity index (χ0) is 22.1. The van der Waals surface area contributed by atoms with Crippen molar-refractivity contribution in [2.75, 3.05) is 45.2 Å². The van der Waals surface area contributed by atoms with Crippen molar-refractivity contribution in [3.8, 4) is 5.75 Å². The smallest absolute Gasteiger partial charge is 0.319 e. The van der Waals surface area contributed by atoms with Crippen LogP contribution in [0.4, 0.5) is 10.5 Å². The highest BCUT2D eigenvalue weighted by Crippen LogP contribution is 2.14. The molecule has 0 atom stereocenters. The number of piperazine rings is 1. The average Bonchev–Trinajstić information content (AvgIpc) is 2.80. The number of methoxy groups -OCH3 is 1. The predicted octanol–water partition coefficient (Wildman–Crippen LogP) is 2.12. The van der Waals surface area contributed by atoms with Crippen LogP contribution in [0.3, 0.4) is 0 Å². The van der Waals surface area contributed by atoms with Gasteiger partial charge in [0.2, 0.25) is 11.8 Å². The molecule has 1 fully saturated rings. The molecule has 4 amide bonds. The summed E-state index contributed by atoms with van der Waals surface area (Å²) in [6.07, 6.45) is 0.533. The summed E-state index contributed by atoms with van der Waals surface area (Å²) in [5.74, 6) is 0.742. The van der Waals surface area contributed by atoms with E-state index in [2.05, 4.69) is 10.6 Å². The Bertz CT molecular complexity index is 895. The van der Waals surface area contributed by atoms with Crippen LogP contribution in [0.1, 0.15) is 12.0 Å². The van der Waals surface area contributed by atoms with E-state index in [1.54, 1.807) is 29.0 Å². The second-order valence-electron chi connectivity index (χ2n) is 7.29. The summed E-state index contributed by atoms with van der Waals surface area (Å²) in [5.41, 5.74) is 1.60. The maximum atomic E-state index is 12.6. The lowest BCUT2D eigenvalue weighted by Gasteiger charge is -2.35. The first-order valence-electron chi connectivity index (χ1n) is 10.3. The van der Waals surface area contributed by atoms with Gasteiger partial charge in [-0.25, -0.2) is 4.79 Å². The lowest BCUT2D eigenvalue weighted by Crippen LogP contribution is -2.51. The van der Waals surface area contributed by atoms with Gasteiger partial charge < -0.3 is 25.2 Å². The van der Waals surface area contributed by atoms with E-state index in [1.165, 1.54) is 0 Å². The number of carbonyl (C=O) groups excluding carboxylic acids is 3. The van der Waals surface area contributed by atoms with E-state index in [1.807, 2.05) is 42.5 Å². The lowest BCUT2D eigenvalue weighted by molar-refractivity contribution is -0.139. The number of hydrogen-bond acceptors (Lipinski definition) is 4. The van der Waals surface area contributed by atoms with Crippen molar-refractivity contribution in [1.82, 2.24) is 15.1 Å². The molecule has 0 unspecified atom stereocenters. The fourth-order valence-corrected chi connectivity index (χ4v) is 3.41. The Morgan fingerprint density at radius 2 is 1.58 bits per heavy atom. The molecule has 0 aromatic heterocycles. The van der Waals surface area contributed by atoms with Crippen LogP contribution in [-0.4, -0.2) is 67.5 Å². The monoisotopic (exact) mass is 424 g/mol. The molecule has 2 aromatic carbocycles. The van der Waals surface area contributed by atoms with Crippen LogP contribution < -0.4 is 15.4 Å². The highest BCUT2D eigenvalue weighted by Gasteiger charge is 2.24. The first-order valence-corrected chi connectivity index (χ1v) is 10.3. The van der Waals surface area contributed by atoms with Gasteiger partial charge in [0.05, 0.1) is 13.5 Å². The highest BCUT2D eigenvalue weighted by atomic mass is 16.5. The first kappa shape index (κ1) is 22.1. The number of nitrogens with zero attached hydrogens (tertiary/aromatic N) is 2. The molecule has 2 N–H and O–H groups in total. The number of carbonyl (C=O) groups is 3. The summed E-state index contributed by atoms with van der Waals surface area (Å²) in [5, 5.41) is 5.41. The Labute approximate surface area is 182 Å². The minimum atomic E-state index is -0.341. The van der Waals surface area contributed by atoms with Gasteiger partial charge >= 0.3 is 6.03 Å². The van der Waals surface area contributed by atoms with Gasteiger partial charge in [0.1, 0.15) is 5.75 Å². The van der Waals surface area contributed by atoms with Gasteiger partial charge in [0.15, 0.2) is 0 Å². The fraction of sp³-hybridized carbons (Fsp3) is 0.348. The number of para-hydroxylation sites is 1. The molecular weight excluding hydrogens is 396 g/mol. The number of rotatable bonds is 7. The molecule has 0 saturated carbocycles. The number of nitrogens with one attached hydrogen (secondary N) is 2. The van der Waals surface area contributed by atoms with Gasteiger partial charge in [-0.05, 0) is 29.8 Å². The third-order valence-corrected chi connectivity index (χ3v) is 5.13. The second kappa shape index (κ2) is 11.0. The van der Waals surface area contributed by atoms with Gasteiger partial charge in [-0.15, -0.1) is 0 Å². The Hall–Kier alpha value is -3.55. The number of amides is 4. The molecule has 3 rings (SSSR count). The topological polar surface area (TPSA) is 91.0 Å². The molecule has 0 bridgehead atoms. The Morgan fingerprint density at radius 1 is 0.903 bits per heavy atom. The van der Waals surface area contributed by atoms with Gasteiger partial charge in [-0.2, -0.15) is 0 Å². The van der Waals surface area contributed by atoms with E-state index in [9.17, 15) is 14.4 Å². The van der Waals surface area contributed by atoms with Gasteiger partial charge in [-0.1, -0.05) is 30.3 Å². The van der Waals surface area contributed by atoms with E-state index >= 15 is 0 Å². The number of ether oxygens (including phenoxy) is 1. The van der Waals surface area contributed by atoms with Crippen molar-refractivity contribution in [3.63, 3.8) is 0 Å². The summed E-state index contributed by atoms with van der Waals surface area (Å²) in [6, 6.07) is 16.3. The third kappa shape index (κ3) is 6.74. The molecule has 1 aliphatic heterocycles. The summed E-state index contributed by atoms with van der Waals surface area (Å²) in [4.78, 5) is 40.4. The Morgan fingerprint density at radius 3 is 2.26 bits per heavy atom. The van der Waals surface area contributed by atoms with Gasteiger partial charge in [0.25, 0.3) is 0 Å². The quantitative estimate of drug-likeness (QED) is 0.712. The van der Waals surface area contributed by atoms with Crippen LogP contribution in [0.15, 0.2) is 54.6 Å². The van der Waals surface area contributed by atoms with Crippen LogP contribution in [0, 0.1) is 0 Å². The number of anilines is 1. The summed E-state index contributed by atoms with van der Waals surface area (Å²) >= 11 is 0. The largest absolute Gasteiger partial charge is 0.497 e. The van der Waals surface area contributed by atoms with E-state index in [4.69, 9.17) is 4.74 Å². The lowest BCUT2D eigenvalue weighted by atomic mass is 10.1. The minimum absolute atomic E-state index is 0.0279. The molecule has 1 saturated heterocycles. The van der Waals surface area contributed by atoms with Crippen molar-refractivity contribution in [2.24, 2.45) is 0 Å². The zero-order valence-electron chi connectivity index (χ0n) is 17.7. The fourth-order valence-electron chi connectivity index (χ4n) is 3.41. The molecule has 8 nitrogen and oxygen atoms in total. The normalized spacial score (nSPS) is 13.5. The van der Waals surface area contributed by atoms with Gasteiger partial charge in [-0.3, -0.25) is 9.59 Å². The molecule has 8 heteroatoms. The van der Waals surface area contributed by atoms with Crippen molar-refractivity contribution in [3.05, 3.63) is 60.2 Å². The SMILES string of the molecule is COc1cccc(CC(=O)N2CCN(C(=O)CCNC(=O)Nc3ccccc3)CC2)c1. The van der Waals surface area contributed by atoms with E-state index in [-0.39, 0.29) is 30.8 Å². The van der Waals surface area contributed by atoms with E-state index in [0.717, 1.165) is 11.3 Å². The first-order chi connectivity index (χ1) is 15.0. The average molecular weight is 425 g/mol. The molecule has 164 valence electrons. The Kier molecular flexibility index (Phi) is 7.86. The molecule has 0 aliphatic carbocycles. The summed E-state index contributed by atoms with van der Waals surface area (Å²) < 4.78 is 5.20.